The van der Waals surface area contributed by atoms with E-state index in [1.54, 1.807) is 13.8 Å². The van der Waals surface area contributed by atoms with E-state index in [0.717, 1.165) is 25.9 Å². The maximum atomic E-state index is 11.9. The summed E-state index contributed by atoms with van der Waals surface area (Å²) in [7, 11) is 0. The molecule has 100 valence electrons. The number of carbonyl (C=O) groups is 1. The molecule has 0 spiro atoms. The zero-order valence-corrected chi connectivity index (χ0v) is 11.3. The van der Waals surface area contributed by atoms with E-state index < -0.39 is 5.60 Å². The first-order chi connectivity index (χ1) is 7.91. The molecule has 1 aliphatic heterocycles. The van der Waals surface area contributed by atoms with Crippen LogP contribution < -0.4 is 5.32 Å². The van der Waals surface area contributed by atoms with Gasteiger partial charge >= 0.3 is 0 Å². The summed E-state index contributed by atoms with van der Waals surface area (Å²) < 4.78 is 0. The van der Waals surface area contributed by atoms with E-state index in [0.29, 0.717) is 13.0 Å². The Balaban J connectivity index is 2.19. The Hall–Kier alpha value is -0.610. The van der Waals surface area contributed by atoms with E-state index >= 15 is 0 Å². The minimum absolute atomic E-state index is 0.00310. The number of aliphatic hydroxyl groups is 1. The Labute approximate surface area is 104 Å². The number of nitrogens with one attached hydrogen (secondary N) is 1. The largest absolute Gasteiger partial charge is 0.389 e. The topological polar surface area (TPSA) is 52.6 Å². The van der Waals surface area contributed by atoms with Gasteiger partial charge in [-0.2, -0.15) is 0 Å². The van der Waals surface area contributed by atoms with Gasteiger partial charge in [-0.25, -0.2) is 0 Å². The van der Waals surface area contributed by atoms with Crippen LogP contribution in [0.5, 0.6) is 0 Å². The van der Waals surface area contributed by atoms with Crippen molar-refractivity contribution < 1.29 is 9.90 Å². The summed E-state index contributed by atoms with van der Waals surface area (Å²) in [6.45, 7) is 7.96. The van der Waals surface area contributed by atoms with Crippen LogP contribution in [0.3, 0.4) is 0 Å². The van der Waals surface area contributed by atoms with Crippen LogP contribution in [0, 0.1) is 0 Å². The molecule has 1 unspecified atom stereocenters. The first-order valence-corrected chi connectivity index (χ1v) is 6.65. The normalized spacial score (nSPS) is 19.2. The highest BCUT2D eigenvalue weighted by atomic mass is 16.3. The standard InChI is InChI=1S/C13H26N2O2/c1-11(13(2,3)17)14-8-7-12(16)15-9-5-4-6-10-15/h11,14,17H,4-10H2,1-3H3. The first kappa shape index (κ1) is 14.5. The Morgan fingerprint density at radius 3 is 2.47 bits per heavy atom. The van der Waals surface area contributed by atoms with Crippen LogP contribution >= 0.6 is 0 Å². The molecule has 0 saturated carbocycles. The van der Waals surface area contributed by atoms with Gasteiger partial charge in [-0.1, -0.05) is 0 Å². The average Bonchev–Trinajstić information content (AvgIpc) is 2.28. The van der Waals surface area contributed by atoms with E-state index in [-0.39, 0.29) is 11.9 Å². The van der Waals surface area contributed by atoms with E-state index in [4.69, 9.17) is 0 Å². The minimum Gasteiger partial charge on any atom is -0.389 e. The van der Waals surface area contributed by atoms with Gasteiger partial charge in [0.2, 0.25) is 5.91 Å². The second kappa shape index (κ2) is 6.36. The summed E-state index contributed by atoms with van der Waals surface area (Å²) in [5, 5.41) is 12.9. The Bertz CT molecular complexity index is 242. The van der Waals surface area contributed by atoms with Crippen LogP contribution in [0.4, 0.5) is 0 Å². The number of nitrogens with zero attached hydrogens (tertiary/aromatic N) is 1. The molecule has 0 bridgehead atoms. The van der Waals surface area contributed by atoms with Crippen LogP contribution in [0.25, 0.3) is 0 Å². The third-order valence-electron chi connectivity index (χ3n) is 3.56. The van der Waals surface area contributed by atoms with E-state index in [2.05, 4.69) is 5.32 Å². The van der Waals surface area contributed by atoms with Crippen molar-refractivity contribution in [2.75, 3.05) is 19.6 Å². The van der Waals surface area contributed by atoms with Gasteiger partial charge in [0.25, 0.3) is 0 Å². The van der Waals surface area contributed by atoms with Crippen molar-refractivity contribution >= 4 is 5.91 Å². The number of hydrogen-bond acceptors (Lipinski definition) is 3. The van der Waals surface area contributed by atoms with Crippen LogP contribution in [0.15, 0.2) is 0 Å². The fraction of sp³-hybridized carbons (Fsp3) is 0.923. The highest BCUT2D eigenvalue weighted by Gasteiger charge is 2.22. The van der Waals surface area contributed by atoms with Gasteiger partial charge in [-0.15, -0.1) is 0 Å². The number of piperidine rings is 1. The molecular formula is C13H26N2O2. The summed E-state index contributed by atoms with van der Waals surface area (Å²) in [6.07, 6.45) is 4.05. The lowest BCUT2D eigenvalue weighted by atomic mass is 10.0. The maximum Gasteiger partial charge on any atom is 0.223 e. The average molecular weight is 242 g/mol. The van der Waals surface area contributed by atoms with Gasteiger partial charge in [0.15, 0.2) is 0 Å². The molecule has 4 nitrogen and oxygen atoms in total. The maximum absolute atomic E-state index is 11.9. The van der Waals surface area contributed by atoms with Crippen molar-refractivity contribution in [1.29, 1.82) is 0 Å². The van der Waals surface area contributed by atoms with Gasteiger partial charge in [0.05, 0.1) is 5.60 Å². The van der Waals surface area contributed by atoms with Crippen molar-refractivity contribution in [2.45, 2.75) is 58.1 Å². The molecule has 1 atom stereocenters. The summed E-state index contributed by atoms with van der Waals surface area (Å²) in [5.41, 5.74) is -0.742. The monoisotopic (exact) mass is 242 g/mol. The molecule has 2 N–H and O–H groups in total. The zero-order chi connectivity index (χ0) is 12.9. The lowest BCUT2D eigenvalue weighted by Crippen LogP contribution is -2.46. The van der Waals surface area contributed by atoms with E-state index in [1.807, 2.05) is 11.8 Å². The van der Waals surface area contributed by atoms with Crippen LogP contribution in [0.1, 0.15) is 46.5 Å². The van der Waals surface area contributed by atoms with Crippen molar-refractivity contribution in [2.24, 2.45) is 0 Å². The molecule has 1 rings (SSSR count). The lowest BCUT2D eigenvalue weighted by Gasteiger charge is -2.29. The van der Waals surface area contributed by atoms with Crippen LogP contribution in [-0.2, 0) is 4.79 Å². The molecule has 0 radical (unpaired) electrons. The molecule has 1 heterocycles. The van der Waals surface area contributed by atoms with Crippen molar-refractivity contribution in [3.8, 4) is 0 Å². The number of rotatable bonds is 5. The predicted octanol–water partition coefficient (Wildman–Crippen LogP) is 1.14. The molecule has 1 aliphatic rings. The Morgan fingerprint density at radius 2 is 1.94 bits per heavy atom. The van der Waals surface area contributed by atoms with E-state index in [9.17, 15) is 9.90 Å². The molecule has 4 heteroatoms. The quantitative estimate of drug-likeness (QED) is 0.760. The summed E-state index contributed by atoms with van der Waals surface area (Å²) in [6, 6.07) is -0.00310. The van der Waals surface area contributed by atoms with Crippen molar-refractivity contribution in [1.82, 2.24) is 10.2 Å². The van der Waals surface area contributed by atoms with Gasteiger partial charge in [-0.3, -0.25) is 4.79 Å². The third kappa shape index (κ3) is 5.04. The predicted molar refractivity (Wildman–Crippen MR) is 68.8 cm³/mol. The fourth-order valence-corrected chi connectivity index (χ4v) is 1.95. The van der Waals surface area contributed by atoms with Gasteiger partial charge in [-0.05, 0) is 40.0 Å². The van der Waals surface area contributed by atoms with Crippen LogP contribution in [-0.4, -0.2) is 47.2 Å². The van der Waals surface area contributed by atoms with Gasteiger partial charge in [0, 0.05) is 32.1 Å². The third-order valence-corrected chi connectivity index (χ3v) is 3.56. The Morgan fingerprint density at radius 1 is 1.35 bits per heavy atom. The van der Waals surface area contributed by atoms with E-state index in [1.165, 1.54) is 6.42 Å². The number of amides is 1. The second-order valence-corrected chi connectivity index (χ2v) is 5.52. The van der Waals surface area contributed by atoms with Gasteiger partial charge in [0.1, 0.15) is 0 Å². The minimum atomic E-state index is -0.742. The van der Waals surface area contributed by atoms with Gasteiger partial charge < -0.3 is 15.3 Å². The molecule has 0 aromatic carbocycles. The molecule has 1 saturated heterocycles. The molecule has 0 aliphatic carbocycles. The number of hydrogen-bond donors (Lipinski definition) is 2. The zero-order valence-electron chi connectivity index (χ0n) is 11.3. The van der Waals surface area contributed by atoms with Crippen LogP contribution in [0.2, 0.25) is 0 Å². The lowest BCUT2D eigenvalue weighted by molar-refractivity contribution is -0.132. The second-order valence-electron chi connectivity index (χ2n) is 5.52. The molecule has 17 heavy (non-hydrogen) atoms. The number of likely N-dealkylation sites (tertiary alicyclic amines) is 1. The highest BCUT2D eigenvalue weighted by molar-refractivity contribution is 5.76. The first-order valence-electron chi connectivity index (χ1n) is 6.65. The molecule has 0 aromatic heterocycles. The molecule has 1 amide bonds. The molecule has 0 aromatic rings. The summed E-state index contributed by atoms with van der Waals surface area (Å²) >= 11 is 0. The fourth-order valence-electron chi connectivity index (χ4n) is 1.95. The van der Waals surface area contributed by atoms with Crippen molar-refractivity contribution in [3.63, 3.8) is 0 Å². The smallest absolute Gasteiger partial charge is 0.223 e. The molecular weight excluding hydrogens is 216 g/mol. The number of carbonyl (C=O) groups excluding carboxylic acids is 1. The highest BCUT2D eigenvalue weighted by Crippen LogP contribution is 2.10. The summed E-state index contributed by atoms with van der Waals surface area (Å²) in [4.78, 5) is 13.8. The Kier molecular flexibility index (Phi) is 5.40. The summed E-state index contributed by atoms with van der Waals surface area (Å²) in [5.74, 6) is 0.236. The SMILES string of the molecule is CC(NCCC(=O)N1CCCCC1)C(C)(C)O. The van der Waals surface area contributed by atoms with Crippen molar-refractivity contribution in [3.05, 3.63) is 0 Å². The molecule has 1 fully saturated rings.